The van der Waals surface area contributed by atoms with Crippen molar-refractivity contribution < 1.29 is 18.7 Å². The van der Waals surface area contributed by atoms with Crippen molar-refractivity contribution in [1.29, 1.82) is 5.26 Å². The van der Waals surface area contributed by atoms with E-state index in [0.29, 0.717) is 34.4 Å². The summed E-state index contributed by atoms with van der Waals surface area (Å²) in [7, 11) is 0. The van der Waals surface area contributed by atoms with E-state index in [0.717, 1.165) is 11.1 Å². The van der Waals surface area contributed by atoms with Gasteiger partial charge in [-0.1, -0.05) is 29.8 Å². The molecule has 5 nitrogen and oxygen atoms in total. The lowest BCUT2D eigenvalue weighted by Crippen LogP contribution is -2.14. The summed E-state index contributed by atoms with van der Waals surface area (Å²) in [6, 6.07) is 18.2. The lowest BCUT2D eigenvalue weighted by molar-refractivity contribution is -0.112. The normalized spacial score (nSPS) is 10.9. The molecule has 0 spiro atoms. The Morgan fingerprint density at radius 2 is 1.85 bits per heavy atom. The van der Waals surface area contributed by atoms with E-state index >= 15 is 0 Å². The number of halogens is 2. The molecule has 0 saturated carbocycles. The molecule has 0 aliphatic rings. The van der Waals surface area contributed by atoms with Gasteiger partial charge in [0.25, 0.3) is 5.91 Å². The van der Waals surface area contributed by atoms with Crippen LogP contribution in [-0.4, -0.2) is 12.5 Å². The van der Waals surface area contributed by atoms with Gasteiger partial charge in [0, 0.05) is 10.7 Å². The summed E-state index contributed by atoms with van der Waals surface area (Å²) in [4.78, 5) is 12.6. The number of ether oxygens (including phenoxy) is 2. The maximum Gasteiger partial charge on any atom is 0.266 e. The molecular weight excluding hydrogens is 443 g/mol. The number of hydrogen-bond acceptors (Lipinski definition) is 4. The molecule has 0 aliphatic carbocycles. The number of carbonyl (C=O) groups is 1. The Bertz CT molecular complexity index is 1220. The minimum Gasteiger partial charge on any atom is -0.490 e. The van der Waals surface area contributed by atoms with Crippen LogP contribution in [0.5, 0.6) is 11.5 Å². The van der Waals surface area contributed by atoms with Crippen molar-refractivity contribution in [3.63, 3.8) is 0 Å². The Balaban J connectivity index is 1.78. The van der Waals surface area contributed by atoms with Crippen LogP contribution in [0.1, 0.15) is 23.6 Å². The molecule has 0 saturated heterocycles. The molecule has 3 rings (SSSR count). The van der Waals surface area contributed by atoms with E-state index in [1.807, 2.05) is 19.9 Å². The number of benzene rings is 3. The quantitative estimate of drug-likeness (QED) is 0.313. The maximum atomic E-state index is 13.1. The Morgan fingerprint density at radius 3 is 2.52 bits per heavy atom. The average molecular weight is 465 g/mol. The standard InChI is InChI=1S/C26H22ClFN2O3/c1-3-32-25-14-19(6-11-24(25)33-16-18-4-8-22(28)9-5-18)13-20(15-29)26(31)30-23-10-7-21(27)12-17(23)2/h4-14H,3,16H2,1-2H3,(H,30,31)/b20-13+. The Morgan fingerprint density at radius 1 is 1.09 bits per heavy atom. The van der Waals surface area contributed by atoms with E-state index in [1.165, 1.54) is 18.2 Å². The number of aryl methyl sites for hydroxylation is 1. The van der Waals surface area contributed by atoms with Crippen LogP contribution < -0.4 is 14.8 Å². The van der Waals surface area contributed by atoms with Crippen LogP contribution in [-0.2, 0) is 11.4 Å². The van der Waals surface area contributed by atoms with E-state index in [2.05, 4.69) is 5.32 Å². The summed E-state index contributed by atoms with van der Waals surface area (Å²) in [6.07, 6.45) is 1.48. The fourth-order valence-electron chi connectivity index (χ4n) is 3.02. The lowest BCUT2D eigenvalue weighted by Gasteiger charge is -2.13. The first kappa shape index (κ1) is 23.8. The molecule has 0 bridgehead atoms. The number of hydrogen-bond donors (Lipinski definition) is 1. The molecule has 3 aromatic carbocycles. The third-order valence-corrected chi connectivity index (χ3v) is 4.92. The number of nitrogens with one attached hydrogen (secondary N) is 1. The molecule has 0 aromatic heterocycles. The molecule has 3 aromatic rings. The Kier molecular flexibility index (Phi) is 8.06. The van der Waals surface area contributed by atoms with Crippen molar-refractivity contribution in [2.45, 2.75) is 20.5 Å². The molecule has 0 radical (unpaired) electrons. The predicted molar refractivity (Wildman–Crippen MR) is 127 cm³/mol. The van der Waals surface area contributed by atoms with Crippen LogP contribution in [0, 0.1) is 24.1 Å². The minimum absolute atomic E-state index is 0.0632. The predicted octanol–water partition coefficient (Wildman–Crippen LogP) is 6.31. The van der Waals surface area contributed by atoms with E-state index in [4.69, 9.17) is 21.1 Å². The van der Waals surface area contributed by atoms with Gasteiger partial charge in [-0.25, -0.2) is 4.39 Å². The molecule has 1 N–H and O–H groups in total. The number of nitrogens with zero attached hydrogens (tertiary/aromatic N) is 1. The first-order chi connectivity index (χ1) is 15.9. The topological polar surface area (TPSA) is 71.3 Å². The smallest absolute Gasteiger partial charge is 0.266 e. The highest BCUT2D eigenvalue weighted by atomic mass is 35.5. The van der Waals surface area contributed by atoms with E-state index < -0.39 is 5.91 Å². The van der Waals surface area contributed by atoms with E-state index in [9.17, 15) is 14.4 Å². The zero-order valence-corrected chi connectivity index (χ0v) is 18.9. The number of anilines is 1. The SMILES string of the molecule is CCOc1cc(/C=C(\C#N)C(=O)Nc2ccc(Cl)cc2C)ccc1OCc1ccc(F)cc1. The van der Waals surface area contributed by atoms with Crippen LogP contribution in [0.3, 0.4) is 0 Å². The minimum atomic E-state index is -0.530. The van der Waals surface area contributed by atoms with Gasteiger partial charge in [0.2, 0.25) is 0 Å². The van der Waals surface area contributed by atoms with Gasteiger partial charge in [-0.05, 0) is 79.1 Å². The van der Waals surface area contributed by atoms with E-state index in [-0.39, 0.29) is 18.0 Å². The molecule has 33 heavy (non-hydrogen) atoms. The van der Waals surface area contributed by atoms with Crippen molar-refractivity contribution in [2.75, 3.05) is 11.9 Å². The van der Waals surface area contributed by atoms with Gasteiger partial charge in [-0.15, -0.1) is 0 Å². The van der Waals surface area contributed by atoms with Gasteiger partial charge < -0.3 is 14.8 Å². The fraction of sp³-hybridized carbons (Fsp3) is 0.154. The number of amides is 1. The maximum absolute atomic E-state index is 13.1. The summed E-state index contributed by atoms with van der Waals surface area (Å²) < 4.78 is 24.6. The lowest BCUT2D eigenvalue weighted by atomic mass is 10.1. The second kappa shape index (κ2) is 11.2. The largest absolute Gasteiger partial charge is 0.490 e. The van der Waals surface area contributed by atoms with Crippen LogP contribution in [0.25, 0.3) is 6.08 Å². The number of nitriles is 1. The molecular formula is C26H22ClFN2O3. The summed E-state index contributed by atoms with van der Waals surface area (Å²) in [6.45, 7) is 4.30. The highest BCUT2D eigenvalue weighted by Gasteiger charge is 2.13. The Hall–Kier alpha value is -3.82. The average Bonchev–Trinajstić information content (AvgIpc) is 2.80. The number of rotatable bonds is 8. The second-order valence-corrected chi connectivity index (χ2v) is 7.57. The first-order valence-corrected chi connectivity index (χ1v) is 10.6. The third-order valence-electron chi connectivity index (χ3n) is 4.69. The van der Waals surface area contributed by atoms with Crippen LogP contribution in [0.2, 0.25) is 5.02 Å². The van der Waals surface area contributed by atoms with Crippen molar-refractivity contribution >= 4 is 29.3 Å². The van der Waals surface area contributed by atoms with Crippen molar-refractivity contribution in [1.82, 2.24) is 0 Å². The summed E-state index contributed by atoms with van der Waals surface area (Å²) >= 11 is 5.95. The third kappa shape index (κ3) is 6.58. The van der Waals surface area contributed by atoms with E-state index in [1.54, 1.807) is 48.5 Å². The monoisotopic (exact) mass is 464 g/mol. The highest BCUT2D eigenvalue weighted by Crippen LogP contribution is 2.30. The molecule has 168 valence electrons. The first-order valence-electron chi connectivity index (χ1n) is 10.2. The molecule has 0 atom stereocenters. The molecule has 0 heterocycles. The molecule has 0 fully saturated rings. The van der Waals surface area contributed by atoms with Crippen LogP contribution >= 0.6 is 11.6 Å². The van der Waals surface area contributed by atoms with Crippen LogP contribution in [0.15, 0.2) is 66.2 Å². The van der Waals surface area contributed by atoms with Gasteiger partial charge >= 0.3 is 0 Å². The molecule has 1 amide bonds. The molecule has 0 unspecified atom stereocenters. The van der Waals surface area contributed by atoms with Gasteiger partial charge in [0.1, 0.15) is 24.1 Å². The summed E-state index contributed by atoms with van der Waals surface area (Å²) in [5.41, 5.74) is 2.71. The van der Waals surface area contributed by atoms with Crippen LogP contribution in [0.4, 0.5) is 10.1 Å². The second-order valence-electron chi connectivity index (χ2n) is 7.14. The Labute approximate surface area is 197 Å². The van der Waals surface area contributed by atoms with Gasteiger partial charge in [-0.2, -0.15) is 5.26 Å². The van der Waals surface area contributed by atoms with Gasteiger partial charge in [-0.3, -0.25) is 4.79 Å². The fourth-order valence-corrected chi connectivity index (χ4v) is 3.24. The summed E-state index contributed by atoms with van der Waals surface area (Å²) in [5.74, 6) is 0.128. The van der Waals surface area contributed by atoms with Crippen molar-refractivity contribution in [2.24, 2.45) is 0 Å². The molecule has 0 aliphatic heterocycles. The number of carbonyl (C=O) groups excluding carboxylic acids is 1. The highest BCUT2D eigenvalue weighted by molar-refractivity contribution is 6.30. The van der Waals surface area contributed by atoms with Gasteiger partial charge in [0.15, 0.2) is 11.5 Å². The molecule has 7 heteroatoms. The summed E-state index contributed by atoms with van der Waals surface area (Å²) in [5, 5.41) is 12.8. The van der Waals surface area contributed by atoms with Crippen molar-refractivity contribution in [3.8, 4) is 17.6 Å². The van der Waals surface area contributed by atoms with Crippen molar-refractivity contribution in [3.05, 3.63) is 93.8 Å². The zero-order chi connectivity index (χ0) is 23.8. The van der Waals surface area contributed by atoms with Gasteiger partial charge in [0.05, 0.1) is 6.61 Å². The zero-order valence-electron chi connectivity index (χ0n) is 18.2.